The van der Waals surface area contributed by atoms with Crippen LogP contribution in [0.1, 0.15) is 67.8 Å². The first-order valence-corrected chi connectivity index (χ1v) is 9.74. The molecule has 1 aromatic rings. The number of carboxylic acid groups (broad SMARTS) is 1. The van der Waals surface area contributed by atoms with E-state index in [1.54, 1.807) is 6.07 Å². The van der Waals surface area contributed by atoms with Crippen LogP contribution in [-0.2, 0) is 0 Å². The molecule has 0 unspecified atom stereocenters. The molecule has 0 amide bonds. The molecule has 2 aliphatic carbocycles. The van der Waals surface area contributed by atoms with Gasteiger partial charge in [0.2, 0.25) is 0 Å². The van der Waals surface area contributed by atoms with Crippen molar-refractivity contribution in [2.45, 2.75) is 57.9 Å². The summed E-state index contributed by atoms with van der Waals surface area (Å²) in [7, 11) is 0. The van der Waals surface area contributed by atoms with Gasteiger partial charge in [0.25, 0.3) is 0 Å². The second kappa shape index (κ2) is 5.94. The molecule has 2 saturated carbocycles. The fourth-order valence-corrected chi connectivity index (χ4v) is 6.24. The monoisotopic (exact) mass is 346 g/mol. The highest BCUT2D eigenvalue weighted by atomic mass is 35.5. The molecule has 3 nitrogen and oxygen atoms in total. The number of rotatable bonds is 4. The van der Waals surface area contributed by atoms with E-state index in [-0.39, 0.29) is 5.56 Å². The highest BCUT2D eigenvalue weighted by Gasteiger charge is 2.54. The summed E-state index contributed by atoms with van der Waals surface area (Å²) in [5.74, 6) is 1.99. The molecule has 4 rings (SSSR count). The second-order valence-electron chi connectivity index (χ2n) is 7.89. The number of carbonyl (C=O) groups is 1. The van der Waals surface area contributed by atoms with Crippen molar-refractivity contribution in [2.75, 3.05) is 5.32 Å². The third kappa shape index (κ3) is 2.28. The minimum absolute atomic E-state index is 0.231. The van der Waals surface area contributed by atoms with Crippen molar-refractivity contribution < 1.29 is 9.90 Å². The van der Waals surface area contributed by atoms with Gasteiger partial charge in [-0.15, -0.1) is 0 Å². The van der Waals surface area contributed by atoms with E-state index in [1.165, 1.54) is 19.3 Å². The average Bonchev–Trinajstić information content (AvgIpc) is 3.17. The Labute approximate surface area is 148 Å². The molecule has 0 aromatic heterocycles. The Morgan fingerprint density at radius 1 is 1.29 bits per heavy atom. The Kier molecular flexibility index (Phi) is 4.03. The SMILES string of the molecule is CCC(CC)[C@@H]1Nc2c(C(=O)[O-])cc(Cl)cc2[C@H]2[C@H]3CC[C@@H](C3)[C@H]21. The van der Waals surface area contributed by atoms with E-state index < -0.39 is 5.97 Å². The molecule has 3 aliphatic rings. The van der Waals surface area contributed by atoms with E-state index in [1.807, 2.05) is 6.07 Å². The number of halogens is 1. The normalized spacial score (nSPS) is 33.2. The predicted octanol–water partition coefficient (Wildman–Crippen LogP) is 4.06. The number of carbonyl (C=O) groups excluding carboxylic acids is 1. The molecule has 4 heteroatoms. The molecule has 5 atom stereocenters. The molecule has 0 spiro atoms. The largest absolute Gasteiger partial charge is 0.545 e. The summed E-state index contributed by atoms with van der Waals surface area (Å²) in [6, 6.07) is 3.91. The zero-order valence-corrected chi connectivity index (χ0v) is 15.1. The van der Waals surface area contributed by atoms with Gasteiger partial charge in [0, 0.05) is 22.3 Å². The third-order valence-corrected chi connectivity index (χ3v) is 7.19. The number of hydrogen-bond acceptors (Lipinski definition) is 3. The Bertz CT molecular complexity index is 670. The lowest BCUT2D eigenvalue weighted by atomic mass is 9.65. The number of anilines is 1. The molecule has 130 valence electrons. The molecule has 2 bridgehead atoms. The predicted molar refractivity (Wildman–Crippen MR) is 94.3 cm³/mol. The number of hydrogen-bond donors (Lipinski definition) is 1. The Balaban J connectivity index is 1.86. The molecule has 1 N–H and O–H groups in total. The molecular weight excluding hydrogens is 322 g/mol. The molecule has 2 fully saturated rings. The first-order chi connectivity index (χ1) is 11.5. The fraction of sp³-hybridized carbons (Fsp3) is 0.650. The van der Waals surface area contributed by atoms with Crippen molar-refractivity contribution in [3.8, 4) is 0 Å². The topological polar surface area (TPSA) is 52.2 Å². The smallest absolute Gasteiger partial charge is 0.0736 e. The average molecular weight is 347 g/mol. The van der Waals surface area contributed by atoms with Gasteiger partial charge in [0.15, 0.2) is 0 Å². The number of fused-ring (bicyclic) bond motifs is 7. The van der Waals surface area contributed by atoms with Crippen molar-refractivity contribution in [1.82, 2.24) is 0 Å². The van der Waals surface area contributed by atoms with Crippen LogP contribution in [0.3, 0.4) is 0 Å². The minimum Gasteiger partial charge on any atom is -0.545 e. The van der Waals surface area contributed by atoms with Gasteiger partial charge in [-0.25, -0.2) is 0 Å². The summed E-state index contributed by atoms with van der Waals surface area (Å²) in [5.41, 5.74) is 2.14. The minimum atomic E-state index is -1.13. The lowest BCUT2D eigenvalue weighted by Crippen LogP contribution is -2.46. The lowest BCUT2D eigenvalue weighted by Gasteiger charge is -2.47. The third-order valence-electron chi connectivity index (χ3n) is 6.98. The number of nitrogens with one attached hydrogen (secondary N) is 1. The molecule has 0 saturated heterocycles. The lowest BCUT2D eigenvalue weighted by molar-refractivity contribution is -0.254. The van der Waals surface area contributed by atoms with E-state index >= 15 is 0 Å². The van der Waals surface area contributed by atoms with Crippen LogP contribution in [0, 0.1) is 23.7 Å². The Hall–Kier alpha value is -1.22. The summed E-state index contributed by atoms with van der Waals surface area (Å²) in [6.07, 6.45) is 6.14. The van der Waals surface area contributed by atoms with E-state index in [0.717, 1.165) is 30.0 Å². The van der Waals surface area contributed by atoms with Gasteiger partial charge in [-0.3, -0.25) is 0 Å². The molecule has 24 heavy (non-hydrogen) atoms. The second-order valence-corrected chi connectivity index (χ2v) is 8.32. The maximum atomic E-state index is 11.7. The maximum absolute atomic E-state index is 11.7. The van der Waals surface area contributed by atoms with Gasteiger partial charge < -0.3 is 15.2 Å². The molecular formula is C20H25ClNO2-. The summed E-state index contributed by atoms with van der Waals surface area (Å²) >= 11 is 6.25. The molecule has 1 aliphatic heterocycles. The van der Waals surface area contributed by atoms with Gasteiger partial charge >= 0.3 is 0 Å². The van der Waals surface area contributed by atoms with E-state index in [4.69, 9.17) is 11.6 Å². The highest BCUT2D eigenvalue weighted by molar-refractivity contribution is 6.31. The van der Waals surface area contributed by atoms with Gasteiger partial charge in [0.1, 0.15) is 0 Å². The fourth-order valence-electron chi connectivity index (χ4n) is 6.02. The zero-order valence-electron chi connectivity index (χ0n) is 14.3. The van der Waals surface area contributed by atoms with Crippen LogP contribution >= 0.6 is 11.6 Å². The summed E-state index contributed by atoms with van der Waals surface area (Å²) in [6.45, 7) is 4.49. The van der Waals surface area contributed by atoms with Crippen molar-refractivity contribution in [3.05, 3.63) is 28.3 Å². The number of carboxylic acids is 1. The Morgan fingerprint density at radius 2 is 2.00 bits per heavy atom. The molecule has 1 heterocycles. The van der Waals surface area contributed by atoms with Gasteiger partial charge in [0.05, 0.1) is 5.97 Å². The van der Waals surface area contributed by atoms with E-state index in [9.17, 15) is 9.90 Å². The summed E-state index contributed by atoms with van der Waals surface area (Å²) in [4.78, 5) is 11.7. The first kappa shape index (κ1) is 16.3. The Morgan fingerprint density at radius 3 is 2.67 bits per heavy atom. The van der Waals surface area contributed by atoms with Crippen molar-refractivity contribution in [3.63, 3.8) is 0 Å². The van der Waals surface area contributed by atoms with E-state index in [0.29, 0.717) is 34.7 Å². The quantitative estimate of drug-likeness (QED) is 0.894. The highest BCUT2D eigenvalue weighted by Crippen LogP contribution is 2.62. The van der Waals surface area contributed by atoms with Crippen LogP contribution in [0.5, 0.6) is 0 Å². The van der Waals surface area contributed by atoms with Crippen LogP contribution in [0.4, 0.5) is 5.69 Å². The number of benzene rings is 1. The maximum Gasteiger partial charge on any atom is 0.0736 e. The van der Waals surface area contributed by atoms with Crippen LogP contribution in [0.15, 0.2) is 12.1 Å². The van der Waals surface area contributed by atoms with E-state index in [2.05, 4.69) is 19.2 Å². The molecule has 1 aromatic carbocycles. The van der Waals surface area contributed by atoms with Crippen molar-refractivity contribution in [1.29, 1.82) is 0 Å². The van der Waals surface area contributed by atoms with Gasteiger partial charge in [-0.1, -0.05) is 38.3 Å². The van der Waals surface area contributed by atoms with Crippen molar-refractivity contribution >= 4 is 23.3 Å². The van der Waals surface area contributed by atoms with Crippen LogP contribution in [-0.4, -0.2) is 12.0 Å². The summed E-state index contributed by atoms with van der Waals surface area (Å²) in [5, 5.41) is 15.8. The van der Waals surface area contributed by atoms with Gasteiger partial charge in [-0.2, -0.15) is 0 Å². The van der Waals surface area contributed by atoms with Gasteiger partial charge in [-0.05, 0) is 66.5 Å². The van der Waals surface area contributed by atoms with Crippen molar-refractivity contribution in [2.24, 2.45) is 23.7 Å². The van der Waals surface area contributed by atoms with Crippen LogP contribution < -0.4 is 10.4 Å². The van der Waals surface area contributed by atoms with Crippen LogP contribution in [0.25, 0.3) is 0 Å². The summed E-state index contributed by atoms with van der Waals surface area (Å²) < 4.78 is 0. The standard InChI is InChI=1S/C20H26ClNO2/c1-3-10(4-2)18-17-12-6-5-11(7-12)16(17)14-8-13(21)9-15(20(23)24)19(14)22-18/h8-12,16-18,22H,3-7H2,1-2H3,(H,23,24)/p-1/t11-,12-,16+,17+,18-/m0/s1. The molecule has 0 radical (unpaired) electrons. The zero-order chi connectivity index (χ0) is 17.0. The van der Waals surface area contributed by atoms with Crippen LogP contribution in [0.2, 0.25) is 5.02 Å². The number of aromatic carboxylic acids is 1. The first-order valence-electron chi connectivity index (χ1n) is 9.36.